The van der Waals surface area contributed by atoms with Crippen molar-refractivity contribution >= 4 is 22.9 Å². The quantitative estimate of drug-likeness (QED) is 0.451. The number of carbonyl (C=O) groups is 2. The van der Waals surface area contributed by atoms with E-state index in [0.29, 0.717) is 11.1 Å². The molecule has 38 heavy (non-hydrogen) atoms. The fourth-order valence-electron chi connectivity index (χ4n) is 4.21. The molecule has 1 aromatic carbocycles. The molecular weight excluding hydrogens is 495 g/mol. The molecule has 0 saturated heterocycles. The van der Waals surface area contributed by atoms with E-state index in [2.05, 4.69) is 16.4 Å². The van der Waals surface area contributed by atoms with Crippen LogP contribution in [0, 0.1) is 22.6 Å². The Bertz CT molecular complexity index is 1540. The maximum atomic E-state index is 13.5. The van der Waals surface area contributed by atoms with Crippen LogP contribution in [0.4, 0.5) is 4.39 Å². The van der Waals surface area contributed by atoms with E-state index in [9.17, 15) is 29.1 Å². The number of ether oxygens (including phenoxy) is 2. The Morgan fingerprint density at radius 2 is 2.03 bits per heavy atom. The van der Waals surface area contributed by atoms with Gasteiger partial charge in [0, 0.05) is 24.7 Å². The molecule has 0 saturated carbocycles. The third-order valence-electron chi connectivity index (χ3n) is 6.32. The van der Waals surface area contributed by atoms with E-state index in [4.69, 9.17) is 9.47 Å². The molecule has 0 radical (unpaired) electrons. The van der Waals surface area contributed by atoms with Crippen molar-refractivity contribution in [3.63, 3.8) is 0 Å². The summed E-state index contributed by atoms with van der Waals surface area (Å²) in [4.78, 5) is 43.8. The van der Waals surface area contributed by atoms with E-state index >= 15 is 0 Å². The lowest BCUT2D eigenvalue weighted by Gasteiger charge is -2.36. The van der Waals surface area contributed by atoms with Gasteiger partial charge in [-0.3, -0.25) is 19.1 Å². The predicted molar refractivity (Wildman–Crippen MR) is 134 cm³/mol. The largest absolute Gasteiger partial charge is 0.505 e. The zero-order valence-corrected chi connectivity index (χ0v) is 21.4. The van der Waals surface area contributed by atoms with Crippen molar-refractivity contribution < 1.29 is 28.6 Å². The number of aromatic nitrogens is 2. The normalized spacial score (nSPS) is 16.4. The van der Waals surface area contributed by atoms with Crippen LogP contribution in [-0.2, 0) is 22.5 Å². The lowest BCUT2D eigenvalue weighted by atomic mass is 9.94. The first-order valence-corrected chi connectivity index (χ1v) is 12.0. The van der Waals surface area contributed by atoms with Crippen LogP contribution in [0.25, 0.3) is 11.0 Å². The van der Waals surface area contributed by atoms with Crippen LogP contribution >= 0.6 is 0 Å². The second-order valence-electron chi connectivity index (χ2n) is 9.96. The summed E-state index contributed by atoms with van der Waals surface area (Å²) in [5, 5.41) is 22.9. The first-order valence-electron chi connectivity index (χ1n) is 12.0. The molecule has 0 fully saturated rings. The molecule has 0 bridgehead atoms. The van der Waals surface area contributed by atoms with Crippen molar-refractivity contribution in [2.24, 2.45) is 5.41 Å². The first kappa shape index (κ1) is 26.6. The van der Waals surface area contributed by atoms with Gasteiger partial charge in [-0.2, -0.15) is 5.26 Å². The van der Waals surface area contributed by atoms with E-state index in [1.807, 2.05) is 0 Å². The number of nitrogens with zero attached hydrogens (tertiary/aromatic N) is 3. The molecule has 3 aromatic rings. The van der Waals surface area contributed by atoms with Gasteiger partial charge in [-0.15, -0.1) is 0 Å². The van der Waals surface area contributed by atoms with Gasteiger partial charge in [-0.25, -0.2) is 9.18 Å². The standard InChI is InChI=1S/C27H27FN4O6/c1-5-37-24(35)18-21(33)19-20-22(16(11-30-19)10-15-6-8-17(28)9-7-15)38-27(4,14-32(20)23(18)34)25(36)31-13-26(2,3)12-29/h6-9,11,33H,5,10,13-14H2,1-4H3,(H,31,36)/t27-/m1/s1. The summed E-state index contributed by atoms with van der Waals surface area (Å²) in [7, 11) is 0. The van der Waals surface area contributed by atoms with Crippen LogP contribution in [0.5, 0.6) is 11.5 Å². The highest BCUT2D eigenvalue weighted by molar-refractivity contribution is 6.00. The summed E-state index contributed by atoms with van der Waals surface area (Å²) in [6.45, 7) is 6.08. The molecule has 0 aliphatic carbocycles. The summed E-state index contributed by atoms with van der Waals surface area (Å²) in [5.41, 5.74) is -2.72. The van der Waals surface area contributed by atoms with Crippen LogP contribution < -0.4 is 15.6 Å². The van der Waals surface area contributed by atoms with E-state index in [-0.39, 0.29) is 42.9 Å². The Kier molecular flexibility index (Phi) is 6.84. The second kappa shape index (κ2) is 9.78. The van der Waals surface area contributed by atoms with Crippen molar-refractivity contribution in [1.29, 1.82) is 5.26 Å². The molecule has 1 aliphatic heterocycles. The Morgan fingerprint density at radius 1 is 1.34 bits per heavy atom. The summed E-state index contributed by atoms with van der Waals surface area (Å²) < 4.78 is 25.8. The molecular formula is C27H27FN4O6. The number of hydrogen-bond acceptors (Lipinski definition) is 8. The molecule has 198 valence electrons. The zero-order chi connectivity index (χ0) is 27.8. The van der Waals surface area contributed by atoms with E-state index in [0.717, 1.165) is 0 Å². The minimum Gasteiger partial charge on any atom is -0.505 e. The highest BCUT2D eigenvalue weighted by atomic mass is 19.1. The number of rotatable bonds is 7. The number of amides is 1. The Morgan fingerprint density at radius 3 is 2.66 bits per heavy atom. The molecule has 1 aliphatic rings. The highest BCUT2D eigenvalue weighted by Crippen LogP contribution is 2.40. The SMILES string of the molecule is CCOC(=O)c1c(O)c2ncc(Cc3ccc(F)cc3)c3c2n(c1=O)C[C@](C)(C(=O)NCC(C)(C)C#N)O3. The fourth-order valence-corrected chi connectivity index (χ4v) is 4.21. The molecule has 10 nitrogen and oxygen atoms in total. The minimum atomic E-state index is -1.63. The Labute approximate surface area is 217 Å². The molecule has 1 atom stereocenters. The van der Waals surface area contributed by atoms with Crippen LogP contribution in [0.1, 0.15) is 49.2 Å². The van der Waals surface area contributed by atoms with Gasteiger partial charge in [-0.05, 0) is 45.4 Å². The molecule has 2 aromatic heterocycles. The number of esters is 1. The minimum absolute atomic E-state index is 0.0249. The third-order valence-corrected chi connectivity index (χ3v) is 6.32. The summed E-state index contributed by atoms with van der Waals surface area (Å²) in [6.07, 6.45) is 1.62. The highest BCUT2D eigenvalue weighted by Gasteiger charge is 2.43. The molecule has 1 amide bonds. The summed E-state index contributed by atoms with van der Waals surface area (Å²) in [6, 6.07) is 7.88. The van der Waals surface area contributed by atoms with Crippen LogP contribution in [0.3, 0.4) is 0 Å². The van der Waals surface area contributed by atoms with Crippen molar-refractivity contribution in [3.8, 4) is 17.6 Å². The molecule has 2 N–H and O–H groups in total. The second-order valence-corrected chi connectivity index (χ2v) is 9.96. The summed E-state index contributed by atoms with van der Waals surface area (Å²) in [5.74, 6) is -2.54. The fraction of sp³-hybridized carbons (Fsp3) is 0.370. The average Bonchev–Trinajstić information content (AvgIpc) is 2.88. The first-order chi connectivity index (χ1) is 17.9. The van der Waals surface area contributed by atoms with Crippen molar-refractivity contribution in [1.82, 2.24) is 14.9 Å². The van der Waals surface area contributed by atoms with Gasteiger partial charge in [-0.1, -0.05) is 12.1 Å². The third kappa shape index (κ3) is 4.77. The number of pyridine rings is 2. The van der Waals surface area contributed by atoms with Gasteiger partial charge in [0.1, 0.15) is 16.9 Å². The van der Waals surface area contributed by atoms with Crippen molar-refractivity contribution in [2.45, 2.75) is 46.3 Å². The van der Waals surface area contributed by atoms with E-state index < -0.39 is 45.6 Å². The number of benzene rings is 1. The van der Waals surface area contributed by atoms with Crippen molar-refractivity contribution in [3.05, 3.63) is 63.3 Å². The number of hydrogen-bond donors (Lipinski definition) is 2. The van der Waals surface area contributed by atoms with Gasteiger partial charge in [0.15, 0.2) is 17.1 Å². The van der Waals surface area contributed by atoms with E-state index in [1.54, 1.807) is 32.9 Å². The number of nitrogens with one attached hydrogen (secondary N) is 1. The van der Waals surface area contributed by atoms with Gasteiger partial charge in [0.2, 0.25) is 5.60 Å². The molecule has 3 heterocycles. The smallest absolute Gasteiger partial charge is 0.347 e. The zero-order valence-electron chi connectivity index (χ0n) is 21.4. The molecule has 0 spiro atoms. The average molecular weight is 523 g/mol. The number of aromatic hydroxyl groups is 1. The van der Waals surface area contributed by atoms with Gasteiger partial charge in [0.05, 0.1) is 24.6 Å². The number of carbonyl (C=O) groups excluding carboxylic acids is 2. The Balaban J connectivity index is 1.90. The van der Waals surface area contributed by atoms with E-state index in [1.165, 1.54) is 29.8 Å². The lowest BCUT2D eigenvalue weighted by Crippen LogP contribution is -2.56. The van der Waals surface area contributed by atoms with Gasteiger partial charge < -0.3 is 19.9 Å². The monoisotopic (exact) mass is 522 g/mol. The number of halogens is 1. The maximum Gasteiger partial charge on any atom is 0.347 e. The topological polar surface area (TPSA) is 144 Å². The Hall–Kier alpha value is -4.46. The molecule has 11 heteroatoms. The summed E-state index contributed by atoms with van der Waals surface area (Å²) >= 11 is 0. The molecule has 0 unspecified atom stereocenters. The maximum absolute atomic E-state index is 13.5. The van der Waals surface area contributed by atoms with Gasteiger partial charge in [0.25, 0.3) is 11.5 Å². The van der Waals surface area contributed by atoms with Crippen LogP contribution in [0.2, 0.25) is 0 Å². The van der Waals surface area contributed by atoms with Crippen LogP contribution in [0.15, 0.2) is 35.3 Å². The van der Waals surface area contributed by atoms with Gasteiger partial charge >= 0.3 is 5.97 Å². The predicted octanol–water partition coefficient (Wildman–Crippen LogP) is 2.83. The lowest BCUT2D eigenvalue weighted by molar-refractivity contribution is -0.137. The molecule has 4 rings (SSSR count). The van der Waals surface area contributed by atoms with Crippen LogP contribution in [-0.4, -0.2) is 45.3 Å². The number of nitriles is 1. The van der Waals surface area contributed by atoms with Crippen molar-refractivity contribution in [2.75, 3.05) is 13.2 Å².